The number of methoxy groups -OCH3 is 1. The van der Waals surface area contributed by atoms with Gasteiger partial charge in [0.25, 0.3) is 0 Å². The highest BCUT2D eigenvalue weighted by Gasteiger charge is 2.28. The lowest BCUT2D eigenvalue weighted by atomic mass is 9.84. The normalized spacial score (nSPS) is 16.7. The van der Waals surface area contributed by atoms with Crippen LogP contribution in [-0.4, -0.2) is 30.4 Å². The maximum atomic E-state index is 12.4. The molecule has 1 heterocycles. The Hall–Kier alpha value is -2.88. The summed E-state index contributed by atoms with van der Waals surface area (Å²) in [6, 6.07) is 18.4. The van der Waals surface area contributed by atoms with Crippen molar-refractivity contribution in [2.75, 3.05) is 13.7 Å². The van der Waals surface area contributed by atoms with Crippen LogP contribution in [0.5, 0.6) is 0 Å². The summed E-state index contributed by atoms with van der Waals surface area (Å²) in [5.74, 6) is -0.581. The number of esters is 1. The second-order valence-corrected chi connectivity index (χ2v) is 5.74. The van der Waals surface area contributed by atoms with Crippen molar-refractivity contribution in [2.24, 2.45) is 0 Å². The molecule has 2 aromatic rings. The van der Waals surface area contributed by atoms with Crippen LogP contribution in [0, 0.1) is 0 Å². The molecule has 0 radical (unpaired) electrons. The Kier molecular flexibility index (Phi) is 4.75. The average molecular weight is 321 g/mol. The topological polar surface area (TPSA) is 46.6 Å². The van der Waals surface area contributed by atoms with E-state index in [2.05, 4.69) is 29.0 Å². The fourth-order valence-corrected chi connectivity index (χ4v) is 3.06. The van der Waals surface area contributed by atoms with Crippen LogP contribution in [0.25, 0.3) is 0 Å². The molecular formula is C20H19NO3. The van der Waals surface area contributed by atoms with E-state index in [4.69, 9.17) is 0 Å². The summed E-state index contributed by atoms with van der Waals surface area (Å²) in [5, 5.41) is 0. The van der Waals surface area contributed by atoms with Crippen LogP contribution in [0.2, 0.25) is 0 Å². The van der Waals surface area contributed by atoms with Gasteiger partial charge in [0.15, 0.2) is 0 Å². The SMILES string of the molecule is COC(=O)/C=C/C(=O)N1Cc2ccccc2[C@H](c2ccccc2)C1. The van der Waals surface area contributed by atoms with Crippen LogP contribution in [0.4, 0.5) is 0 Å². The summed E-state index contributed by atoms with van der Waals surface area (Å²) < 4.78 is 4.54. The van der Waals surface area contributed by atoms with Crippen molar-refractivity contribution in [1.29, 1.82) is 0 Å². The smallest absolute Gasteiger partial charge is 0.330 e. The summed E-state index contributed by atoms with van der Waals surface area (Å²) in [6.07, 6.45) is 2.45. The largest absolute Gasteiger partial charge is 0.466 e. The summed E-state index contributed by atoms with van der Waals surface area (Å²) in [5.41, 5.74) is 3.57. The van der Waals surface area contributed by atoms with Gasteiger partial charge in [-0.05, 0) is 16.7 Å². The minimum Gasteiger partial charge on any atom is -0.466 e. The predicted molar refractivity (Wildman–Crippen MR) is 91.3 cm³/mol. The molecule has 4 heteroatoms. The van der Waals surface area contributed by atoms with Crippen molar-refractivity contribution in [2.45, 2.75) is 12.5 Å². The Morgan fingerprint density at radius 3 is 2.50 bits per heavy atom. The van der Waals surface area contributed by atoms with Gasteiger partial charge in [0.05, 0.1) is 7.11 Å². The molecule has 0 fully saturated rings. The van der Waals surface area contributed by atoms with Gasteiger partial charge in [-0.2, -0.15) is 0 Å². The first kappa shape index (κ1) is 16.0. The second kappa shape index (κ2) is 7.13. The molecule has 0 bridgehead atoms. The van der Waals surface area contributed by atoms with E-state index in [0.29, 0.717) is 13.1 Å². The van der Waals surface area contributed by atoms with E-state index >= 15 is 0 Å². The number of hydrogen-bond acceptors (Lipinski definition) is 3. The molecule has 0 N–H and O–H groups in total. The number of amides is 1. The van der Waals surface area contributed by atoms with Gasteiger partial charge >= 0.3 is 5.97 Å². The van der Waals surface area contributed by atoms with E-state index < -0.39 is 5.97 Å². The molecule has 1 amide bonds. The summed E-state index contributed by atoms with van der Waals surface area (Å²) in [7, 11) is 1.29. The first-order chi connectivity index (χ1) is 11.7. The fourth-order valence-electron chi connectivity index (χ4n) is 3.06. The Morgan fingerprint density at radius 1 is 1.04 bits per heavy atom. The van der Waals surface area contributed by atoms with Crippen molar-refractivity contribution >= 4 is 11.9 Å². The van der Waals surface area contributed by atoms with Crippen LogP contribution >= 0.6 is 0 Å². The van der Waals surface area contributed by atoms with Crippen molar-refractivity contribution in [3.05, 3.63) is 83.4 Å². The van der Waals surface area contributed by atoms with Gasteiger partial charge in [-0.15, -0.1) is 0 Å². The number of benzene rings is 2. The molecule has 1 aliphatic heterocycles. The number of rotatable bonds is 3. The van der Waals surface area contributed by atoms with Gasteiger partial charge in [0.1, 0.15) is 0 Å². The van der Waals surface area contributed by atoms with Crippen LogP contribution < -0.4 is 0 Å². The van der Waals surface area contributed by atoms with Crippen molar-refractivity contribution in [1.82, 2.24) is 4.90 Å². The molecular weight excluding hydrogens is 302 g/mol. The second-order valence-electron chi connectivity index (χ2n) is 5.74. The summed E-state index contributed by atoms with van der Waals surface area (Å²) in [4.78, 5) is 25.4. The number of fused-ring (bicyclic) bond motifs is 1. The molecule has 4 nitrogen and oxygen atoms in total. The zero-order valence-corrected chi connectivity index (χ0v) is 13.5. The van der Waals surface area contributed by atoms with Gasteiger partial charge < -0.3 is 9.64 Å². The van der Waals surface area contributed by atoms with E-state index in [1.54, 1.807) is 4.90 Å². The van der Waals surface area contributed by atoms with E-state index in [1.807, 2.05) is 30.3 Å². The van der Waals surface area contributed by atoms with Gasteiger partial charge in [0, 0.05) is 31.2 Å². The van der Waals surface area contributed by atoms with Crippen LogP contribution in [0.15, 0.2) is 66.7 Å². The van der Waals surface area contributed by atoms with Gasteiger partial charge in [-0.25, -0.2) is 4.79 Å². The molecule has 2 aromatic carbocycles. The van der Waals surface area contributed by atoms with E-state index in [0.717, 1.165) is 5.56 Å². The highest BCUT2D eigenvalue weighted by Crippen LogP contribution is 2.33. The van der Waals surface area contributed by atoms with E-state index in [1.165, 1.54) is 30.4 Å². The Labute approximate surface area is 141 Å². The molecule has 0 aliphatic carbocycles. The quantitative estimate of drug-likeness (QED) is 0.645. The standard InChI is InChI=1S/C20H19NO3/c1-24-20(23)12-11-19(22)21-13-16-9-5-6-10-17(16)18(14-21)15-7-3-2-4-8-15/h2-12,18H,13-14H2,1H3/b12-11+/t18-/m0/s1. The summed E-state index contributed by atoms with van der Waals surface area (Å²) in [6.45, 7) is 1.13. The van der Waals surface area contributed by atoms with Crippen molar-refractivity contribution in [3.63, 3.8) is 0 Å². The first-order valence-electron chi connectivity index (χ1n) is 7.86. The Balaban J connectivity index is 1.89. The zero-order chi connectivity index (χ0) is 16.9. The zero-order valence-electron chi connectivity index (χ0n) is 13.5. The number of carbonyl (C=O) groups is 2. The average Bonchev–Trinajstić information content (AvgIpc) is 2.65. The van der Waals surface area contributed by atoms with Gasteiger partial charge in [0.2, 0.25) is 5.91 Å². The van der Waals surface area contributed by atoms with Crippen molar-refractivity contribution in [3.8, 4) is 0 Å². The Bertz CT molecular complexity index is 767. The summed E-state index contributed by atoms with van der Waals surface area (Å²) >= 11 is 0. The lowest BCUT2D eigenvalue weighted by Crippen LogP contribution is -2.37. The molecule has 0 unspecified atom stereocenters. The highest BCUT2D eigenvalue weighted by molar-refractivity contribution is 5.94. The maximum Gasteiger partial charge on any atom is 0.330 e. The molecule has 1 aliphatic rings. The molecule has 3 rings (SSSR count). The number of nitrogens with zero attached hydrogens (tertiary/aromatic N) is 1. The lowest BCUT2D eigenvalue weighted by molar-refractivity contribution is -0.135. The van der Waals surface area contributed by atoms with Crippen LogP contribution in [-0.2, 0) is 20.9 Å². The predicted octanol–water partition coefficient (Wildman–Crippen LogP) is 2.89. The minimum absolute atomic E-state index is 0.131. The van der Waals surface area contributed by atoms with E-state index in [-0.39, 0.29) is 11.8 Å². The first-order valence-corrected chi connectivity index (χ1v) is 7.86. The maximum absolute atomic E-state index is 12.4. The van der Waals surface area contributed by atoms with Gasteiger partial charge in [-0.1, -0.05) is 54.6 Å². The number of hydrogen-bond donors (Lipinski definition) is 0. The molecule has 0 saturated heterocycles. The third kappa shape index (κ3) is 3.38. The third-order valence-corrected chi connectivity index (χ3v) is 4.27. The number of carbonyl (C=O) groups excluding carboxylic acids is 2. The Morgan fingerprint density at radius 2 is 1.75 bits per heavy atom. The molecule has 122 valence electrons. The third-order valence-electron chi connectivity index (χ3n) is 4.27. The van der Waals surface area contributed by atoms with Gasteiger partial charge in [-0.3, -0.25) is 4.79 Å². The van der Waals surface area contributed by atoms with Crippen molar-refractivity contribution < 1.29 is 14.3 Å². The lowest BCUT2D eigenvalue weighted by Gasteiger charge is -2.34. The fraction of sp³-hybridized carbons (Fsp3) is 0.200. The molecule has 0 spiro atoms. The van der Waals surface area contributed by atoms with Crippen LogP contribution in [0.1, 0.15) is 22.6 Å². The minimum atomic E-state index is -0.527. The number of ether oxygens (including phenoxy) is 1. The van der Waals surface area contributed by atoms with E-state index in [9.17, 15) is 9.59 Å². The molecule has 0 saturated carbocycles. The molecule has 1 atom stereocenters. The monoisotopic (exact) mass is 321 g/mol. The van der Waals surface area contributed by atoms with Crippen LogP contribution in [0.3, 0.4) is 0 Å². The molecule has 24 heavy (non-hydrogen) atoms. The molecule has 0 aromatic heterocycles. The highest BCUT2D eigenvalue weighted by atomic mass is 16.5.